The molecule has 0 aliphatic carbocycles. The first-order valence-corrected chi connectivity index (χ1v) is 10.1. The Hall–Kier alpha value is -2.96. The molecule has 4 nitrogen and oxygen atoms in total. The fourth-order valence-corrected chi connectivity index (χ4v) is 4.19. The Balaban J connectivity index is 1.85. The Morgan fingerprint density at radius 3 is 2.34 bits per heavy atom. The SMILES string of the molecule is CN(C)c1ccc(N(C(=O)c2ccc(F)cc2Cl)c2nc3ccccc3s2)cc1. The molecule has 7 heteroatoms. The first-order valence-electron chi connectivity index (χ1n) is 8.86. The Bertz CT molecular complexity index is 1160. The molecule has 0 unspecified atom stereocenters. The highest BCUT2D eigenvalue weighted by Gasteiger charge is 2.25. The number of carbonyl (C=O) groups is 1. The van der Waals surface area contributed by atoms with Crippen molar-refractivity contribution in [2.45, 2.75) is 0 Å². The van der Waals surface area contributed by atoms with Gasteiger partial charge in [0.25, 0.3) is 5.91 Å². The Morgan fingerprint density at radius 2 is 1.69 bits per heavy atom. The molecule has 0 saturated carbocycles. The van der Waals surface area contributed by atoms with Crippen molar-refractivity contribution in [3.05, 3.63) is 83.1 Å². The second-order valence-corrected chi connectivity index (χ2v) is 8.06. The molecule has 29 heavy (non-hydrogen) atoms. The van der Waals surface area contributed by atoms with Crippen LogP contribution in [-0.2, 0) is 0 Å². The Labute approximate surface area is 176 Å². The van der Waals surface area contributed by atoms with E-state index in [0.717, 1.165) is 22.0 Å². The number of benzene rings is 3. The highest BCUT2D eigenvalue weighted by molar-refractivity contribution is 7.22. The van der Waals surface area contributed by atoms with E-state index in [1.54, 1.807) is 0 Å². The van der Waals surface area contributed by atoms with Crippen molar-refractivity contribution in [2.75, 3.05) is 23.9 Å². The average molecular weight is 426 g/mol. The number of hydrogen-bond acceptors (Lipinski definition) is 4. The molecule has 0 aliphatic heterocycles. The second kappa shape index (κ2) is 7.81. The van der Waals surface area contributed by atoms with Crippen LogP contribution in [0, 0.1) is 5.82 Å². The number of para-hydroxylation sites is 1. The topological polar surface area (TPSA) is 36.4 Å². The zero-order valence-corrected chi connectivity index (χ0v) is 17.3. The van der Waals surface area contributed by atoms with Crippen LogP contribution in [0.2, 0.25) is 5.02 Å². The van der Waals surface area contributed by atoms with Crippen molar-refractivity contribution in [1.29, 1.82) is 0 Å². The van der Waals surface area contributed by atoms with Crippen molar-refractivity contribution in [3.8, 4) is 0 Å². The minimum Gasteiger partial charge on any atom is -0.378 e. The predicted molar refractivity (Wildman–Crippen MR) is 118 cm³/mol. The van der Waals surface area contributed by atoms with Crippen LogP contribution < -0.4 is 9.80 Å². The second-order valence-electron chi connectivity index (χ2n) is 6.64. The lowest BCUT2D eigenvalue weighted by Crippen LogP contribution is -2.26. The van der Waals surface area contributed by atoms with Crippen molar-refractivity contribution in [3.63, 3.8) is 0 Å². The van der Waals surface area contributed by atoms with Gasteiger partial charge in [-0.25, -0.2) is 9.37 Å². The van der Waals surface area contributed by atoms with E-state index < -0.39 is 5.82 Å². The van der Waals surface area contributed by atoms with Crippen LogP contribution >= 0.6 is 22.9 Å². The summed E-state index contributed by atoms with van der Waals surface area (Å²) < 4.78 is 14.5. The summed E-state index contributed by atoms with van der Waals surface area (Å²) in [5.74, 6) is -0.861. The summed E-state index contributed by atoms with van der Waals surface area (Å²) in [6.45, 7) is 0. The van der Waals surface area contributed by atoms with Gasteiger partial charge in [-0.2, -0.15) is 0 Å². The number of nitrogens with zero attached hydrogens (tertiary/aromatic N) is 3. The number of thiazole rings is 1. The van der Waals surface area contributed by atoms with Gasteiger partial charge in [-0.05, 0) is 54.6 Å². The predicted octanol–water partition coefficient (Wildman–Crippen LogP) is 6.13. The van der Waals surface area contributed by atoms with E-state index in [1.165, 1.54) is 28.4 Å². The summed E-state index contributed by atoms with van der Waals surface area (Å²) in [6.07, 6.45) is 0. The van der Waals surface area contributed by atoms with Gasteiger partial charge in [-0.3, -0.25) is 9.69 Å². The molecule has 4 rings (SSSR count). The maximum Gasteiger partial charge on any atom is 0.266 e. The van der Waals surface area contributed by atoms with Gasteiger partial charge in [-0.1, -0.05) is 35.1 Å². The highest BCUT2D eigenvalue weighted by atomic mass is 35.5. The zero-order chi connectivity index (χ0) is 20.5. The molecule has 0 fully saturated rings. The van der Waals surface area contributed by atoms with Crippen LogP contribution in [0.4, 0.5) is 20.9 Å². The highest BCUT2D eigenvalue weighted by Crippen LogP contribution is 2.36. The van der Waals surface area contributed by atoms with Crippen LogP contribution in [0.3, 0.4) is 0 Å². The Morgan fingerprint density at radius 1 is 1.00 bits per heavy atom. The third-order valence-corrected chi connectivity index (χ3v) is 5.80. The molecule has 0 N–H and O–H groups in total. The number of amides is 1. The van der Waals surface area contributed by atoms with Gasteiger partial charge in [0.05, 0.1) is 26.5 Å². The van der Waals surface area contributed by atoms with E-state index in [9.17, 15) is 9.18 Å². The van der Waals surface area contributed by atoms with Crippen LogP contribution in [0.1, 0.15) is 10.4 Å². The molecule has 1 aromatic heterocycles. The normalized spacial score (nSPS) is 10.9. The number of fused-ring (bicyclic) bond motifs is 1. The minimum atomic E-state index is -0.492. The van der Waals surface area contributed by atoms with Gasteiger partial charge < -0.3 is 4.90 Å². The summed E-state index contributed by atoms with van der Waals surface area (Å²) >= 11 is 7.59. The fraction of sp³-hybridized carbons (Fsp3) is 0.0909. The van der Waals surface area contributed by atoms with Gasteiger partial charge in [0.2, 0.25) is 0 Å². The molecule has 0 aliphatic rings. The maximum absolute atomic E-state index is 13.5. The minimum absolute atomic E-state index is 0.0611. The largest absolute Gasteiger partial charge is 0.378 e. The third-order valence-electron chi connectivity index (χ3n) is 4.46. The summed E-state index contributed by atoms with van der Waals surface area (Å²) in [5.41, 5.74) is 2.68. The summed E-state index contributed by atoms with van der Waals surface area (Å²) in [7, 11) is 3.90. The lowest BCUT2D eigenvalue weighted by Gasteiger charge is -2.22. The summed E-state index contributed by atoms with van der Waals surface area (Å²) in [5, 5.41) is 0.584. The molecule has 3 aromatic carbocycles. The number of aromatic nitrogens is 1. The molecule has 0 atom stereocenters. The van der Waals surface area contributed by atoms with Crippen molar-refractivity contribution in [1.82, 2.24) is 4.98 Å². The number of hydrogen-bond donors (Lipinski definition) is 0. The zero-order valence-electron chi connectivity index (χ0n) is 15.8. The number of rotatable bonds is 4. The van der Waals surface area contributed by atoms with E-state index in [4.69, 9.17) is 11.6 Å². The van der Waals surface area contributed by atoms with E-state index in [-0.39, 0.29) is 16.5 Å². The molecular formula is C22H17ClFN3OS. The molecule has 0 bridgehead atoms. The van der Waals surface area contributed by atoms with E-state index >= 15 is 0 Å². The van der Waals surface area contributed by atoms with Crippen LogP contribution in [0.5, 0.6) is 0 Å². The standard InChI is InChI=1S/C22H17ClFN3OS/c1-26(2)15-8-10-16(11-9-15)27(21(28)17-12-7-14(24)13-18(17)23)22-25-19-5-3-4-6-20(19)29-22/h3-13H,1-2H3. The van der Waals surface area contributed by atoms with Gasteiger partial charge in [0.15, 0.2) is 5.13 Å². The van der Waals surface area contributed by atoms with E-state index in [2.05, 4.69) is 4.98 Å². The molecule has 146 valence electrons. The van der Waals surface area contributed by atoms with Gasteiger partial charge in [0.1, 0.15) is 5.82 Å². The summed E-state index contributed by atoms with van der Waals surface area (Å²) in [6, 6.07) is 19.0. The number of halogens is 2. The molecule has 1 amide bonds. The quantitative estimate of drug-likeness (QED) is 0.394. The molecule has 4 aromatic rings. The number of carbonyl (C=O) groups excluding carboxylic acids is 1. The first-order chi connectivity index (χ1) is 13.9. The molecule has 0 spiro atoms. The van der Waals surface area contributed by atoms with Gasteiger partial charge in [-0.15, -0.1) is 0 Å². The van der Waals surface area contributed by atoms with Crippen molar-refractivity contribution >= 4 is 55.6 Å². The van der Waals surface area contributed by atoms with E-state index in [1.807, 2.05) is 67.5 Å². The fourth-order valence-electron chi connectivity index (χ4n) is 2.95. The van der Waals surface area contributed by atoms with E-state index in [0.29, 0.717) is 10.8 Å². The lowest BCUT2D eigenvalue weighted by atomic mass is 10.1. The van der Waals surface area contributed by atoms with Crippen LogP contribution in [0.15, 0.2) is 66.7 Å². The first kappa shape index (κ1) is 19.4. The van der Waals surface area contributed by atoms with Crippen molar-refractivity contribution in [2.24, 2.45) is 0 Å². The summed E-state index contributed by atoms with van der Waals surface area (Å²) in [4.78, 5) is 21.6. The lowest BCUT2D eigenvalue weighted by molar-refractivity contribution is 0.0999. The third kappa shape index (κ3) is 3.81. The maximum atomic E-state index is 13.5. The molecule has 0 radical (unpaired) electrons. The molecule has 1 heterocycles. The van der Waals surface area contributed by atoms with Gasteiger partial charge in [0, 0.05) is 19.8 Å². The van der Waals surface area contributed by atoms with Crippen molar-refractivity contribution < 1.29 is 9.18 Å². The smallest absolute Gasteiger partial charge is 0.266 e. The van der Waals surface area contributed by atoms with Gasteiger partial charge >= 0.3 is 0 Å². The average Bonchev–Trinajstić information content (AvgIpc) is 3.12. The van der Waals surface area contributed by atoms with Crippen LogP contribution in [0.25, 0.3) is 10.2 Å². The molecular weight excluding hydrogens is 409 g/mol. The van der Waals surface area contributed by atoms with Crippen LogP contribution in [-0.4, -0.2) is 25.0 Å². The number of anilines is 3. The monoisotopic (exact) mass is 425 g/mol. The Kier molecular flexibility index (Phi) is 5.22. The molecule has 0 saturated heterocycles.